The summed E-state index contributed by atoms with van der Waals surface area (Å²) >= 11 is 2.22. The first-order chi connectivity index (χ1) is 13.9. The molecule has 0 atom stereocenters. The number of hydrazone groups is 1. The number of hydrogen-bond acceptors (Lipinski definition) is 4. The molecule has 0 spiro atoms. The van der Waals surface area contributed by atoms with E-state index in [2.05, 4.69) is 27.7 Å². The van der Waals surface area contributed by atoms with Crippen LogP contribution in [0.15, 0.2) is 75.8 Å². The summed E-state index contributed by atoms with van der Waals surface area (Å²) < 4.78 is 6.99. The van der Waals surface area contributed by atoms with Gasteiger partial charge in [0.15, 0.2) is 5.78 Å². The van der Waals surface area contributed by atoms with Crippen molar-refractivity contribution in [1.29, 1.82) is 0 Å². The summed E-state index contributed by atoms with van der Waals surface area (Å²) in [5, 5.41) is 5.80. The molecule has 1 amide bonds. The van der Waals surface area contributed by atoms with E-state index in [1.807, 2.05) is 48.5 Å². The Bertz CT molecular complexity index is 1160. The van der Waals surface area contributed by atoms with E-state index in [4.69, 9.17) is 4.42 Å². The molecule has 2 heterocycles. The molecule has 5 nitrogen and oxygen atoms in total. The number of Topliss-reactive ketones (excluding diaryl/α,β-unsaturated/α-hetero) is 1. The third kappa shape index (κ3) is 3.93. The number of carbonyl (C=O) groups is 2. The maximum atomic E-state index is 12.9. The van der Waals surface area contributed by atoms with Crippen LogP contribution in [-0.2, 0) is 4.79 Å². The number of anilines is 1. The third-order valence-electron chi connectivity index (χ3n) is 4.62. The maximum Gasteiger partial charge on any atom is 0.280 e. The van der Waals surface area contributed by atoms with Crippen molar-refractivity contribution in [2.45, 2.75) is 13.8 Å². The van der Waals surface area contributed by atoms with Crippen LogP contribution in [0, 0.1) is 3.57 Å². The molecule has 1 aliphatic rings. The van der Waals surface area contributed by atoms with E-state index in [1.54, 1.807) is 25.1 Å². The van der Waals surface area contributed by atoms with Crippen molar-refractivity contribution in [2.24, 2.45) is 5.10 Å². The average Bonchev–Trinajstić information content (AvgIpc) is 3.29. The summed E-state index contributed by atoms with van der Waals surface area (Å²) in [7, 11) is 0. The summed E-state index contributed by atoms with van der Waals surface area (Å²) in [5.74, 6) is 1.07. The molecule has 0 bridgehead atoms. The van der Waals surface area contributed by atoms with Gasteiger partial charge in [-0.3, -0.25) is 9.59 Å². The second-order valence-corrected chi connectivity index (χ2v) is 7.92. The van der Waals surface area contributed by atoms with Crippen LogP contribution in [0.2, 0.25) is 0 Å². The second-order valence-electron chi connectivity index (χ2n) is 6.67. The third-order valence-corrected chi connectivity index (χ3v) is 5.34. The Balaban J connectivity index is 1.58. The average molecular weight is 496 g/mol. The van der Waals surface area contributed by atoms with Crippen LogP contribution in [0.4, 0.5) is 5.69 Å². The van der Waals surface area contributed by atoms with E-state index >= 15 is 0 Å². The SMILES string of the molecule is CC(=O)c1ccc(-c2ccc(C=C3C(=O)N(c4ccc(I)cc4)N=C3C)o2)cc1. The molecule has 0 unspecified atom stereocenters. The largest absolute Gasteiger partial charge is 0.457 e. The minimum Gasteiger partial charge on any atom is -0.457 e. The lowest BCUT2D eigenvalue weighted by Crippen LogP contribution is -2.21. The number of amides is 1. The lowest BCUT2D eigenvalue weighted by atomic mass is 10.1. The van der Waals surface area contributed by atoms with Crippen LogP contribution in [-0.4, -0.2) is 17.4 Å². The fraction of sp³-hybridized carbons (Fsp3) is 0.0870. The number of carbonyl (C=O) groups excluding carboxylic acids is 2. The van der Waals surface area contributed by atoms with Crippen molar-refractivity contribution in [3.63, 3.8) is 0 Å². The van der Waals surface area contributed by atoms with Gasteiger partial charge in [0.05, 0.1) is 17.0 Å². The lowest BCUT2D eigenvalue weighted by molar-refractivity contribution is -0.114. The smallest absolute Gasteiger partial charge is 0.280 e. The normalized spacial score (nSPS) is 15.1. The first-order valence-corrected chi connectivity index (χ1v) is 10.1. The van der Waals surface area contributed by atoms with Gasteiger partial charge in [-0.05, 0) is 78.9 Å². The number of hydrogen-bond donors (Lipinski definition) is 0. The molecule has 4 rings (SSSR count). The van der Waals surface area contributed by atoms with Crippen molar-refractivity contribution >= 4 is 51.8 Å². The van der Waals surface area contributed by atoms with Gasteiger partial charge in [0, 0.05) is 14.7 Å². The van der Waals surface area contributed by atoms with Crippen LogP contribution in [0.5, 0.6) is 0 Å². The van der Waals surface area contributed by atoms with Crippen molar-refractivity contribution in [3.05, 3.63) is 81.1 Å². The molecule has 0 aliphatic carbocycles. The van der Waals surface area contributed by atoms with Crippen molar-refractivity contribution in [2.75, 3.05) is 5.01 Å². The monoisotopic (exact) mass is 496 g/mol. The van der Waals surface area contributed by atoms with E-state index < -0.39 is 0 Å². The molecule has 1 aliphatic heterocycles. The fourth-order valence-electron chi connectivity index (χ4n) is 3.04. The zero-order valence-corrected chi connectivity index (χ0v) is 18.0. The van der Waals surface area contributed by atoms with Crippen molar-refractivity contribution < 1.29 is 14.0 Å². The van der Waals surface area contributed by atoms with E-state index in [-0.39, 0.29) is 11.7 Å². The minimum atomic E-state index is -0.188. The lowest BCUT2D eigenvalue weighted by Gasteiger charge is -2.11. The van der Waals surface area contributed by atoms with Gasteiger partial charge in [0.1, 0.15) is 11.5 Å². The van der Waals surface area contributed by atoms with Gasteiger partial charge in [-0.15, -0.1) is 0 Å². The highest BCUT2D eigenvalue weighted by Crippen LogP contribution is 2.28. The van der Waals surface area contributed by atoms with Gasteiger partial charge in [-0.1, -0.05) is 24.3 Å². The topological polar surface area (TPSA) is 62.9 Å². The van der Waals surface area contributed by atoms with Gasteiger partial charge in [-0.25, -0.2) is 0 Å². The van der Waals surface area contributed by atoms with Gasteiger partial charge in [0.25, 0.3) is 5.91 Å². The molecule has 0 radical (unpaired) electrons. The van der Waals surface area contributed by atoms with Crippen LogP contribution in [0.3, 0.4) is 0 Å². The second kappa shape index (κ2) is 7.79. The first-order valence-electron chi connectivity index (χ1n) is 9.01. The van der Waals surface area contributed by atoms with E-state index in [0.29, 0.717) is 28.4 Å². The molecular formula is C23H17IN2O3. The van der Waals surface area contributed by atoms with Gasteiger partial charge in [0.2, 0.25) is 0 Å². The predicted molar refractivity (Wildman–Crippen MR) is 122 cm³/mol. The Labute approximate surface area is 181 Å². The molecule has 1 aromatic heterocycles. The maximum absolute atomic E-state index is 12.9. The predicted octanol–water partition coefficient (Wildman–Crippen LogP) is 5.56. The summed E-state index contributed by atoms with van der Waals surface area (Å²) in [6, 6.07) is 18.5. The molecule has 0 fully saturated rings. The van der Waals surface area contributed by atoms with E-state index in [1.165, 1.54) is 11.9 Å². The Morgan fingerprint density at radius 3 is 2.38 bits per heavy atom. The Morgan fingerprint density at radius 2 is 1.72 bits per heavy atom. The molecule has 0 saturated carbocycles. The molecule has 6 heteroatoms. The molecular weight excluding hydrogens is 479 g/mol. The standard InChI is InChI=1S/C23H17IN2O3/c1-14-21(23(28)26(25-14)19-9-7-18(24)8-10-19)13-20-11-12-22(29-20)17-5-3-16(4-6-17)15(2)27/h3-13H,1-2H3. The first kappa shape index (κ1) is 19.3. The highest BCUT2D eigenvalue weighted by atomic mass is 127. The fourth-order valence-corrected chi connectivity index (χ4v) is 3.40. The number of nitrogens with zero attached hydrogens (tertiary/aromatic N) is 2. The summed E-state index contributed by atoms with van der Waals surface area (Å²) in [6.07, 6.45) is 1.71. The number of ketones is 1. The van der Waals surface area contributed by atoms with Crippen LogP contribution in [0.1, 0.15) is 30.0 Å². The zero-order valence-electron chi connectivity index (χ0n) is 15.8. The van der Waals surface area contributed by atoms with Crippen LogP contribution < -0.4 is 5.01 Å². The highest BCUT2D eigenvalue weighted by Gasteiger charge is 2.29. The van der Waals surface area contributed by atoms with Crippen molar-refractivity contribution in [3.8, 4) is 11.3 Å². The van der Waals surface area contributed by atoms with Crippen LogP contribution in [0.25, 0.3) is 17.4 Å². The molecule has 2 aromatic carbocycles. The Morgan fingerprint density at radius 1 is 1.03 bits per heavy atom. The molecule has 0 saturated heterocycles. The highest BCUT2D eigenvalue weighted by molar-refractivity contribution is 14.1. The quantitative estimate of drug-likeness (QED) is 0.270. The van der Waals surface area contributed by atoms with E-state index in [0.717, 1.165) is 14.8 Å². The molecule has 144 valence electrons. The number of benzene rings is 2. The summed E-state index contributed by atoms with van der Waals surface area (Å²) in [4.78, 5) is 24.3. The van der Waals surface area contributed by atoms with Gasteiger partial charge < -0.3 is 4.42 Å². The molecule has 29 heavy (non-hydrogen) atoms. The van der Waals surface area contributed by atoms with Gasteiger partial charge >= 0.3 is 0 Å². The summed E-state index contributed by atoms with van der Waals surface area (Å²) in [6.45, 7) is 3.34. The number of halogens is 1. The zero-order chi connectivity index (χ0) is 20.5. The Kier molecular flexibility index (Phi) is 5.19. The molecule has 3 aromatic rings. The molecule has 0 N–H and O–H groups in total. The number of furan rings is 1. The van der Waals surface area contributed by atoms with Crippen LogP contribution >= 0.6 is 22.6 Å². The van der Waals surface area contributed by atoms with Gasteiger partial charge in [-0.2, -0.15) is 10.1 Å². The summed E-state index contributed by atoms with van der Waals surface area (Å²) in [5.41, 5.74) is 3.38. The van der Waals surface area contributed by atoms with Crippen molar-refractivity contribution in [1.82, 2.24) is 0 Å². The minimum absolute atomic E-state index is 0.0219. The van der Waals surface area contributed by atoms with E-state index in [9.17, 15) is 9.59 Å². The number of rotatable bonds is 4. The Hall–Kier alpha value is -3.00.